The molecular formula is C24H30N6O4. The fraction of sp³-hybridized carbons (Fsp3) is 0.458. The Hall–Kier alpha value is -3.69. The van der Waals surface area contributed by atoms with Gasteiger partial charge in [0.05, 0.1) is 6.42 Å². The Bertz CT molecular complexity index is 1160. The minimum absolute atomic E-state index is 0.0716. The van der Waals surface area contributed by atoms with Crippen LogP contribution in [-0.2, 0) is 32.8 Å². The van der Waals surface area contributed by atoms with E-state index >= 15 is 0 Å². The van der Waals surface area contributed by atoms with Gasteiger partial charge in [0.1, 0.15) is 5.54 Å². The maximum atomic E-state index is 12.2. The van der Waals surface area contributed by atoms with E-state index in [1.807, 2.05) is 24.3 Å². The summed E-state index contributed by atoms with van der Waals surface area (Å²) >= 11 is 0. The molecule has 1 aromatic carbocycles. The fourth-order valence-electron chi connectivity index (χ4n) is 4.54. The van der Waals surface area contributed by atoms with Crippen molar-refractivity contribution in [2.75, 3.05) is 0 Å². The molecule has 4 N–H and O–H groups in total. The first-order valence-corrected chi connectivity index (χ1v) is 11.7. The van der Waals surface area contributed by atoms with Crippen molar-refractivity contribution in [2.24, 2.45) is 0 Å². The Labute approximate surface area is 197 Å². The summed E-state index contributed by atoms with van der Waals surface area (Å²) in [5.74, 6) is -0.0193. The van der Waals surface area contributed by atoms with Crippen molar-refractivity contribution in [3.63, 3.8) is 0 Å². The van der Waals surface area contributed by atoms with Gasteiger partial charge in [-0.25, -0.2) is 0 Å². The summed E-state index contributed by atoms with van der Waals surface area (Å²) in [4.78, 5) is 43.9. The number of hydrogen-bond donors (Lipinski definition) is 4. The van der Waals surface area contributed by atoms with Gasteiger partial charge in [0.15, 0.2) is 5.82 Å². The van der Waals surface area contributed by atoms with E-state index in [1.54, 1.807) is 6.20 Å². The normalized spacial score (nSPS) is 15.4. The zero-order valence-corrected chi connectivity index (χ0v) is 19.3. The predicted octanol–water partition coefficient (Wildman–Crippen LogP) is 2.56. The standard InChI is InChI=1S/C24H30N6O4/c1-16(31)27-24(12-6-2-3-7-13-24)23-26-22(34-30-23)11-10-20(32)28-29-21(33)14-17-15-25-19-9-5-4-8-18(17)19/h4-5,8-9,15,25H,2-3,6-7,10-14H2,1H3,(H,27,31)(H,28,32)(H,29,33). The molecule has 10 heteroatoms. The molecule has 180 valence electrons. The number of aromatic amines is 1. The summed E-state index contributed by atoms with van der Waals surface area (Å²) in [5, 5.41) is 8.13. The summed E-state index contributed by atoms with van der Waals surface area (Å²) < 4.78 is 5.37. The third-order valence-corrected chi connectivity index (χ3v) is 6.20. The summed E-state index contributed by atoms with van der Waals surface area (Å²) in [6, 6.07) is 7.72. The maximum Gasteiger partial charge on any atom is 0.242 e. The van der Waals surface area contributed by atoms with Crippen LogP contribution in [0.4, 0.5) is 0 Å². The maximum absolute atomic E-state index is 12.2. The lowest BCUT2D eigenvalue weighted by Gasteiger charge is -2.30. The molecule has 10 nitrogen and oxygen atoms in total. The summed E-state index contributed by atoms with van der Waals surface area (Å²) in [6.07, 6.45) is 7.92. The lowest BCUT2D eigenvalue weighted by molar-refractivity contribution is -0.128. The minimum atomic E-state index is -0.622. The second-order valence-corrected chi connectivity index (χ2v) is 8.82. The molecule has 34 heavy (non-hydrogen) atoms. The second-order valence-electron chi connectivity index (χ2n) is 8.82. The molecule has 3 amide bonds. The van der Waals surface area contributed by atoms with Crippen molar-refractivity contribution >= 4 is 28.6 Å². The number of hydrazine groups is 1. The van der Waals surface area contributed by atoms with Gasteiger partial charge in [0.25, 0.3) is 0 Å². The number of carbonyl (C=O) groups excluding carboxylic acids is 3. The fourth-order valence-corrected chi connectivity index (χ4v) is 4.54. The zero-order chi connectivity index (χ0) is 24.0. The van der Waals surface area contributed by atoms with E-state index in [0.717, 1.165) is 55.0 Å². The van der Waals surface area contributed by atoms with Gasteiger partial charge in [-0.1, -0.05) is 49.0 Å². The van der Waals surface area contributed by atoms with Crippen molar-refractivity contribution < 1.29 is 18.9 Å². The minimum Gasteiger partial charge on any atom is -0.361 e. The van der Waals surface area contributed by atoms with Crippen LogP contribution in [0.1, 0.15) is 69.1 Å². The summed E-state index contributed by atoms with van der Waals surface area (Å²) in [5.41, 5.74) is 6.06. The molecule has 3 aromatic rings. The number of H-pyrrole nitrogens is 1. The van der Waals surface area contributed by atoms with Gasteiger partial charge in [-0.2, -0.15) is 4.98 Å². The Morgan fingerprint density at radius 3 is 2.56 bits per heavy atom. The molecule has 0 unspecified atom stereocenters. The zero-order valence-electron chi connectivity index (χ0n) is 19.3. The average molecular weight is 467 g/mol. The van der Waals surface area contributed by atoms with Crippen molar-refractivity contribution in [2.45, 2.75) is 70.3 Å². The number of aromatic nitrogens is 3. The van der Waals surface area contributed by atoms with Gasteiger partial charge in [0, 0.05) is 36.9 Å². The number of rotatable bonds is 7. The number of hydrogen-bond acceptors (Lipinski definition) is 6. The lowest BCUT2D eigenvalue weighted by atomic mass is 9.89. The number of para-hydroxylation sites is 1. The number of benzene rings is 1. The highest BCUT2D eigenvalue weighted by Gasteiger charge is 2.38. The van der Waals surface area contributed by atoms with Crippen molar-refractivity contribution in [3.05, 3.63) is 47.7 Å². The monoisotopic (exact) mass is 466 g/mol. The third kappa shape index (κ3) is 5.62. The molecule has 0 aliphatic heterocycles. The summed E-state index contributed by atoms with van der Waals surface area (Å²) in [7, 11) is 0. The van der Waals surface area contributed by atoms with Crippen LogP contribution in [0.3, 0.4) is 0 Å². The molecule has 1 aliphatic carbocycles. The van der Waals surface area contributed by atoms with Crippen LogP contribution in [0.2, 0.25) is 0 Å². The van der Waals surface area contributed by atoms with E-state index < -0.39 is 5.54 Å². The van der Waals surface area contributed by atoms with E-state index in [0.29, 0.717) is 11.7 Å². The van der Waals surface area contributed by atoms with Crippen LogP contribution in [0.25, 0.3) is 10.9 Å². The summed E-state index contributed by atoms with van der Waals surface area (Å²) in [6.45, 7) is 1.49. The van der Waals surface area contributed by atoms with Crippen molar-refractivity contribution in [1.82, 2.24) is 31.3 Å². The molecule has 2 aromatic heterocycles. The first-order valence-electron chi connectivity index (χ1n) is 11.7. The average Bonchev–Trinajstić information content (AvgIpc) is 3.39. The molecule has 0 spiro atoms. The van der Waals surface area contributed by atoms with Gasteiger partial charge in [-0.05, 0) is 24.5 Å². The molecule has 0 bridgehead atoms. The molecule has 0 atom stereocenters. The number of nitrogens with one attached hydrogen (secondary N) is 4. The van der Waals surface area contributed by atoms with Gasteiger partial charge < -0.3 is 14.8 Å². The molecule has 0 saturated heterocycles. The van der Waals surface area contributed by atoms with Crippen LogP contribution in [0.5, 0.6) is 0 Å². The van der Waals surface area contributed by atoms with Crippen LogP contribution in [0, 0.1) is 0 Å². The number of nitrogens with zero attached hydrogens (tertiary/aromatic N) is 2. The van der Waals surface area contributed by atoms with Gasteiger partial charge >= 0.3 is 0 Å². The number of carbonyl (C=O) groups is 3. The molecule has 1 fully saturated rings. The molecule has 0 radical (unpaired) electrons. The topological polar surface area (TPSA) is 142 Å². The van der Waals surface area contributed by atoms with E-state index in [9.17, 15) is 14.4 Å². The van der Waals surface area contributed by atoms with E-state index in [4.69, 9.17) is 4.52 Å². The van der Waals surface area contributed by atoms with Crippen molar-refractivity contribution in [3.8, 4) is 0 Å². The highest BCUT2D eigenvalue weighted by Crippen LogP contribution is 2.34. The van der Waals surface area contributed by atoms with Crippen LogP contribution in [-0.4, -0.2) is 32.8 Å². The van der Waals surface area contributed by atoms with Crippen molar-refractivity contribution in [1.29, 1.82) is 0 Å². The Morgan fingerprint density at radius 2 is 1.79 bits per heavy atom. The highest BCUT2D eigenvalue weighted by atomic mass is 16.5. The first kappa shape index (κ1) is 23.5. The Morgan fingerprint density at radius 1 is 1.06 bits per heavy atom. The molecule has 2 heterocycles. The molecule has 4 rings (SSSR count). The molecule has 1 saturated carbocycles. The SMILES string of the molecule is CC(=O)NC1(c2noc(CCC(=O)NNC(=O)Cc3c[nH]c4ccccc34)n2)CCCCCC1. The lowest BCUT2D eigenvalue weighted by Crippen LogP contribution is -2.45. The second kappa shape index (κ2) is 10.5. The predicted molar refractivity (Wildman–Crippen MR) is 124 cm³/mol. The van der Waals surface area contributed by atoms with E-state index in [-0.39, 0.29) is 37.0 Å². The number of aryl methyl sites for hydroxylation is 1. The smallest absolute Gasteiger partial charge is 0.242 e. The Balaban J connectivity index is 1.28. The largest absolute Gasteiger partial charge is 0.361 e. The van der Waals surface area contributed by atoms with Crippen LogP contribution >= 0.6 is 0 Å². The van der Waals surface area contributed by atoms with E-state index in [1.165, 1.54) is 6.92 Å². The van der Waals surface area contributed by atoms with E-state index in [2.05, 4.69) is 31.3 Å². The highest BCUT2D eigenvalue weighted by molar-refractivity contribution is 5.89. The molecular weight excluding hydrogens is 436 g/mol. The first-order chi connectivity index (χ1) is 16.4. The van der Waals surface area contributed by atoms with Gasteiger partial charge in [-0.3, -0.25) is 25.2 Å². The van der Waals surface area contributed by atoms with Crippen LogP contribution < -0.4 is 16.2 Å². The van der Waals surface area contributed by atoms with Gasteiger partial charge in [0.2, 0.25) is 23.6 Å². The number of fused-ring (bicyclic) bond motifs is 1. The van der Waals surface area contributed by atoms with Gasteiger partial charge in [-0.15, -0.1) is 0 Å². The quantitative estimate of drug-likeness (QED) is 0.311. The Kier molecular flexibility index (Phi) is 7.24. The molecule has 1 aliphatic rings. The third-order valence-electron chi connectivity index (χ3n) is 6.20. The number of amides is 3. The van der Waals surface area contributed by atoms with Crippen LogP contribution in [0.15, 0.2) is 35.0 Å².